The summed E-state index contributed by atoms with van der Waals surface area (Å²) in [6.45, 7) is 13.8. The monoisotopic (exact) mass is 868 g/mol. The van der Waals surface area contributed by atoms with Crippen molar-refractivity contribution in [1.29, 1.82) is 0 Å². The maximum Gasteiger partial charge on any atom is 0.0517 e. The molecule has 0 amide bonds. The summed E-state index contributed by atoms with van der Waals surface area (Å²) in [6, 6.07) is 68.9. The largest absolute Gasteiger partial charge is 0.310 e. The summed E-state index contributed by atoms with van der Waals surface area (Å²) in [5.74, 6) is 0. The summed E-state index contributed by atoms with van der Waals surface area (Å²) in [4.78, 5) is 5.07. The van der Waals surface area contributed by atoms with Crippen LogP contribution in [0.4, 0.5) is 34.1 Å². The molecule has 0 saturated heterocycles. The van der Waals surface area contributed by atoms with Crippen molar-refractivity contribution in [2.24, 2.45) is 0 Å². The first-order valence-corrected chi connectivity index (χ1v) is 24.4. The summed E-state index contributed by atoms with van der Waals surface area (Å²) in [7, 11) is 0. The molecule has 0 atom stereocenters. The van der Waals surface area contributed by atoms with E-state index in [1.807, 2.05) is 11.3 Å². The fourth-order valence-electron chi connectivity index (χ4n) is 11.2. The predicted octanol–water partition coefficient (Wildman–Crippen LogP) is 18.5. The lowest BCUT2D eigenvalue weighted by molar-refractivity contribution is 0.633. The average molecular weight is 869 g/mol. The van der Waals surface area contributed by atoms with E-state index in [2.05, 4.69) is 233 Å². The molecule has 2 heterocycles. The van der Waals surface area contributed by atoms with E-state index >= 15 is 0 Å². The van der Waals surface area contributed by atoms with Gasteiger partial charge >= 0.3 is 0 Å². The number of aryl methyl sites for hydroxylation is 4. The molecular formula is C63H52N2S. The van der Waals surface area contributed by atoms with Crippen molar-refractivity contribution in [2.75, 3.05) is 9.80 Å². The summed E-state index contributed by atoms with van der Waals surface area (Å²) in [5.41, 5.74) is 17.7. The molecule has 0 saturated carbocycles. The van der Waals surface area contributed by atoms with Crippen molar-refractivity contribution < 1.29 is 0 Å². The first-order valence-electron chi connectivity index (χ1n) is 23.5. The third kappa shape index (κ3) is 6.13. The third-order valence-corrected chi connectivity index (χ3v) is 15.8. The van der Waals surface area contributed by atoms with Crippen LogP contribution in [0.1, 0.15) is 61.1 Å². The van der Waals surface area contributed by atoms with Crippen LogP contribution < -0.4 is 9.80 Å². The Labute approximate surface area is 392 Å². The minimum Gasteiger partial charge on any atom is -0.310 e. The highest BCUT2D eigenvalue weighted by Crippen LogP contribution is 2.55. The Morgan fingerprint density at radius 2 is 1.09 bits per heavy atom. The van der Waals surface area contributed by atoms with Crippen LogP contribution in [-0.2, 0) is 18.3 Å². The van der Waals surface area contributed by atoms with Gasteiger partial charge in [-0.15, -0.1) is 11.3 Å². The number of nitrogens with zero attached hydrogens (tertiary/aromatic N) is 2. The van der Waals surface area contributed by atoms with Crippen LogP contribution in [0.25, 0.3) is 63.6 Å². The van der Waals surface area contributed by atoms with Crippen molar-refractivity contribution in [3.63, 3.8) is 0 Å². The van der Waals surface area contributed by atoms with Crippen LogP contribution in [0.5, 0.6) is 0 Å². The van der Waals surface area contributed by atoms with Crippen molar-refractivity contribution in [3.8, 4) is 11.1 Å². The van der Waals surface area contributed by atoms with Gasteiger partial charge in [-0.2, -0.15) is 0 Å². The molecule has 0 radical (unpaired) electrons. The van der Waals surface area contributed by atoms with E-state index in [-0.39, 0.29) is 5.41 Å². The smallest absolute Gasteiger partial charge is 0.0517 e. The molecule has 1 aromatic heterocycles. The van der Waals surface area contributed by atoms with E-state index in [4.69, 9.17) is 0 Å². The van der Waals surface area contributed by atoms with Crippen molar-refractivity contribution in [2.45, 2.75) is 59.8 Å². The van der Waals surface area contributed by atoms with E-state index in [0.29, 0.717) is 0 Å². The molecule has 66 heavy (non-hydrogen) atoms. The molecule has 2 nitrogen and oxygen atoms in total. The molecule has 0 bridgehead atoms. The fraction of sp³-hybridized carbons (Fsp3) is 0.143. The van der Waals surface area contributed by atoms with Crippen LogP contribution in [0.3, 0.4) is 0 Å². The van der Waals surface area contributed by atoms with Crippen molar-refractivity contribution in [3.05, 3.63) is 215 Å². The Morgan fingerprint density at radius 3 is 1.88 bits per heavy atom. The molecule has 0 aliphatic carbocycles. The molecule has 1 aliphatic rings. The third-order valence-electron chi connectivity index (χ3n) is 14.6. The molecule has 0 unspecified atom stereocenters. The van der Waals surface area contributed by atoms with E-state index in [0.717, 1.165) is 12.8 Å². The van der Waals surface area contributed by atoms with Gasteiger partial charge in [0.1, 0.15) is 0 Å². The average Bonchev–Trinajstić information content (AvgIpc) is 3.72. The minimum atomic E-state index is -0.178. The van der Waals surface area contributed by atoms with Gasteiger partial charge in [0.15, 0.2) is 0 Å². The van der Waals surface area contributed by atoms with Gasteiger partial charge in [0.2, 0.25) is 0 Å². The zero-order chi connectivity index (χ0) is 44.8. The number of benzene rings is 10. The second-order valence-corrected chi connectivity index (χ2v) is 19.8. The first-order chi connectivity index (χ1) is 32.2. The molecule has 3 heteroatoms. The standard InChI is InChI=1S/C63H52N2S/c1-7-41-20-10-16-26-57(41)64(59-33-40(4)51(34-42(59)8-2)45-21-11-9-19-39(45)3)43-29-31-48-49-32-30-44(36-53(49)47-23-13-12-22-46(47)52(48)35-43)65-58-27-17-15-25-55(58)63(5,6)56-37-54-50-24-14-18-28-61(50)66-62(54)38-60(56)65/h9-38H,7-8H2,1-6H3. The number of fused-ring (bicyclic) bond motifs is 11. The second kappa shape index (κ2) is 15.5. The number of rotatable bonds is 7. The summed E-state index contributed by atoms with van der Waals surface area (Å²) < 4.78 is 2.65. The second-order valence-electron chi connectivity index (χ2n) is 18.7. The van der Waals surface area contributed by atoms with Crippen LogP contribution >= 0.6 is 11.3 Å². The maximum atomic E-state index is 2.54. The van der Waals surface area contributed by atoms with Gasteiger partial charge in [-0.25, -0.2) is 0 Å². The molecule has 1 aliphatic heterocycles. The summed E-state index contributed by atoms with van der Waals surface area (Å²) in [5, 5.41) is 10.2. The van der Waals surface area contributed by atoms with Crippen molar-refractivity contribution in [1.82, 2.24) is 0 Å². The van der Waals surface area contributed by atoms with Crippen LogP contribution in [0, 0.1) is 13.8 Å². The topological polar surface area (TPSA) is 6.48 Å². The molecule has 11 aromatic rings. The maximum absolute atomic E-state index is 2.54. The lowest BCUT2D eigenvalue weighted by Gasteiger charge is -2.42. The number of hydrogen-bond donors (Lipinski definition) is 0. The van der Waals surface area contributed by atoms with Gasteiger partial charge < -0.3 is 9.80 Å². The van der Waals surface area contributed by atoms with Crippen LogP contribution in [-0.4, -0.2) is 0 Å². The minimum absolute atomic E-state index is 0.178. The van der Waals surface area contributed by atoms with Gasteiger partial charge in [0, 0.05) is 48.3 Å². The number of anilines is 6. The zero-order valence-electron chi connectivity index (χ0n) is 38.5. The van der Waals surface area contributed by atoms with Gasteiger partial charge in [-0.05, 0) is 170 Å². The highest BCUT2D eigenvalue weighted by Gasteiger charge is 2.37. The highest BCUT2D eigenvalue weighted by atomic mass is 32.1. The zero-order valence-corrected chi connectivity index (χ0v) is 39.4. The molecule has 0 N–H and O–H groups in total. The molecule has 0 spiro atoms. The van der Waals surface area contributed by atoms with Gasteiger partial charge in [-0.1, -0.05) is 143 Å². The number of thiophene rings is 1. The lowest BCUT2D eigenvalue weighted by atomic mass is 9.73. The Morgan fingerprint density at radius 1 is 0.439 bits per heavy atom. The number of hydrogen-bond acceptors (Lipinski definition) is 3. The highest BCUT2D eigenvalue weighted by molar-refractivity contribution is 7.25. The Bertz CT molecular complexity index is 3740. The quantitative estimate of drug-likeness (QED) is 0.147. The molecule has 320 valence electrons. The van der Waals surface area contributed by atoms with E-state index in [1.54, 1.807) is 0 Å². The first kappa shape index (κ1) is 40.3. The Hall–Kier alpha value is -7.20. The summed E-state index contributed by atoms with van der Waals surface area (Å²) in [6.07, 6.45) is 1.86. The molecule has 12 rings (SSSR count). The molecule has 10 aromatic carbocycles. The predicted molar refractivity (Wildman–Crippen MR) is 287 cm³/mol. The number of para-hydroxylation sites is 2. The fourth-order valence-corrected chi connectivity index (χ4v) is 12.4. The normalized spacial score (nSPS) is 13.2. The van der Waals surface area contributed by atoms with Gasteiger partial charge in [-0.3, -0.25) is 0 Å². The Balaban J connectivity index is 1.06. The van der Waals surface area contributed by atoms with Gasteiger partial charge in [0.25, 0.3) is 0 Å². The SMILES string of the molecule is CCc1ccccc1N(c1ccc2c3ccc(N4c5ccccc5C(C)(C)c5cc6c(cc54)sc4ccccc46)cc3c3ccccc3c2c1)c1cc(C)c(-c2ccccc2C)cc1CC. The lowest BCUT2D eigenvalue weighted by Crippen LogP contribution is -2.30. The molecular weight excluding hydrogens is 817 g/mol. The van der Waals surface area contributed by atoms with Gasteiger partial charge in [0.05, 0.1) is 11.4 Å². The van der Waals surface area contributed by atoms with E-state index < -0.39 is 0 Å². The van der Waals surface area contributed by atoms with Crippen molar-refractivity contribution >= 4 is 98.0 Å². The van der Waals surface area contributed by atoms with E-state index in [1.165, 1.54) is 131 Å². The Kier molecular flexibility index (Phi) is 9.45. The molecule has 0 fully saturated rings. The van der Waals surface area contributed by atoms with Crippen LogP contribution in [0.2, 0.25) is 0 Å². The van der Waals surface area contributed by atoms with E-state index in [9.17, 15) is 0 Å². The summed E-state index contributed by atoms with van der Waals surface area (Å²) >= 11 is 1.89. The van der Waals surface area contributed by atoms with Crippen LogP contribution in [0.15, 0.2) is 182 Å².